The zero-order valence-corrected chi connectivity index (χ0v) is 14.1. The molecule has 1 aromatic rings. The second kappa shape index (κ2) is 7.63. The number of hydrogen-bond donors (Lipinski definition) is 0. The molecule has 21 heavy (non-hydrogen) atoms. The normalized spacial score (nSPS) is 15.5. The Kier molecular flexibility index (Phi) is 6.44. The Bertz CT molecular complexity index is 571. The van der Waals surface area contributed by atoms with Gasteiger partial charge in [-0.3, -0.25) is 4.68 Å². The van der Waals surface area contributed by atoms with Crippen LogP contribution in [0.25, 0.3) is 5.57 Å². The molecular weight excluding hydrogens is 300 g/mol. The van der Waals surface area contributed by atoms with Crippen molar-refractivity contribution in [2.24, 2.45) is 7.05 Å². The summed E-state index contributed by atoms with van der Waals surface area (Å²) in [5.74, 6) is 0. The van der Waals surface area contributed by atoms with Gasteiger partial charge in [-0.25, -0.2) is 0 Å². The van der Waals surface area contributed by atoms with Crippen molar-refractivity contribution in [2.45, 2.75) is 26.2 Å². The van der Waals surface area contributed by atoms with Gasteiger partial charge in [-0.15, -0.1) is 0 Å². The fourth-order valence-corrected chi connectivity index (χ4v) is 2.18. The summed E-state index contributed by atoms with van der Waals surface area (Å²) in [7, 11) is 2.01. The van der Waals surface area contributed by atoms with Crippen LogP contribution in [-0.4, -0.2) is 9.78 Å². The Balaban J connectivity index is 0.000000313. The summed E-state index contributed by atoms with van der Waals surface area (Å²) in [6.07, 6.45) is 18.3. The average molecular weight is 322 g/mol. The van der Waals surface area contributed by atoms with Gasteiger partial charge in [0.2, 0.25) is 0 Å². The molecule has 0 saturated heterocycles. The maximum atomic E-state index is 4.54. The molecule has 0 fully saturated rings. The van der Waals surface area contributed by atoms with Crippen LogP contribution in [0.4, 0.5) is 0 Å². The predicted octanol–water partition coefficient (Wildman–Crippen LogP) is 4.19. The predicted molar refractivity (Wildman–Crippen MR) is 85.9 cm³/mol. The number of aryl methyl sites for hydroxylation is 1. The number of hydrogen-bond acceptors (Lipinski definition) is 1. The van der Waals surface area contributed by atoms with E-state index < -0.39 is 0 Å². The molecule has 0 atom stereocenters. The first-order valence-electron chi connectivity index (χ1n) is 6.92. The smallest absolute Gasteiger partial charge is 0.0923 e. The summed E-state index contributed by atoms with van der Waals surface area (Å²) >= 11 is 0. The van der Waals surface area contributed by atoms with Gasteiger partial charge in [0.15, 0.2) is 0 Å². The minimum Gasteiger partial charge on any atom is -0.272 e. The minimum absolute atomic E-state index is 0. The van der Waals surface area contributed by atoms with E-state index in [4.69, 9.17) is 0 Å². The van der Waals surface area contributed by atoms with Gasteiger partial charge in [-0.2, -0.15) is 5.10 Å². The van der Waals surface area contributed by atoms with Crippen LogP contribution < -0.4 is 0 Å². The molecule has 112 valence electrons. The van der Waals surface area contributed by atoms with Crippen molar-refractivity contribution in [3.8, 4) is 0 Å². The van der Waals surface area contributed by atoms with Crippen molar-refractivity contribution in [2.75, 3.05) is 0 Å². The second-order valence-electron chi connectivity index (χ2n) is 5.92. The molecule has 3 heteroatoms. The molecule has 0 N–H and O–H groups in total. The van der Waals surface area contributed by atoms with Gasteiger partial charge >= 0.3 is 0 Å². The van der Waals surface area contributed by atoms with E-state index in [1.54, 1.807) is 0 Å². The Morgan fingerprint density at radius 3 is 2.00 bits per heavy atom. The van der Waals surface area contributed by atoms with Gasteiger partial charge in [0.1, 0.15) is 0 Å². The molecule has 0 unspecified atom stereocenters. The molecule has 2 aliphatic rings. The number of rotatable bonds is 1. The summed E-state index contributed by atoms with van der Waals surface area (Å²) in [5.41, 5.74) is 3.67. The van der Waals surface area contributed by atoms with Crippen LogP contribution in [0.5, 0.6) is 0 Å². The van der Waals surface area contributed by atoms with Crippen molar-refractivity contribution in [3.05, 3.63) is 72.8 Å². The van der Waals surface area contributed by atoms with E-state index in [0.717, 1.165) is 5.69 Å². The van der Waals surface area contributed by atoms with Crippen LogP contribution in [0.2, 0.25) is 0 Å². The molecule has 1 aromatic heterocycles. The van der Waals surface area contributed by atoms with Gasteiger partial charge < -0.3 is 0 Å². The SMILES string of the molecule is Cn1nc(C2=C[CH]C=C2)cc1C(C)(C)C.[CH]1C=CC=C1.[Fe]. The minimum atomic E-state index is 0. The first-order valence-corrected chi connectivity index (χ1v) is 6.92. The summed E-state index contributed by atoms with van der Waals surface area (Å²) in [4.78, 5) is 0. The van der Waals surface area contributed by atoms with Crippen molar-refractivity contribution < 1.29 is 17.1 Å². The zero-order chi connectivity index (χ0) is 14.6. The van der Waals surface area contributed by atoms with Crippen LogP contribution in [-0.2, 0) is 29.5 Å². The number of nitrogens with zero attached hydrogens (tertiary/aromatic N) is 2. The van der Waals surface area contributed by atoms with Gasteiger partial charge in [-0.05, 0) is 11.6 Å². The summed E-state index contributed by atoms with van der Waals surface area (Å²) in [5, 5.41) is 4.54. The third kappa shape index (κ3) is 4.87. The molecule has 0 aliphatic heterocycles. The Labute approximate surface area is 138 Å². The molecular formula is C18H22FeN2. The monoisotopic (exact) mass is 322 g/mol. The van der Waals surface area contributed by atoms with Crippen LogP contribution in [0, 0.1) is 12.8 Å². The first kappa shape index (κ1) is 17.7. The molecule has 0 aromatic carbocycles. The zero-order valence-electron chi connectivity index (χ0n) is 13.0. The maximum absolute atomic E-state index is 4.54. The van der Waals surface area contributed by atoms with Crippen LogP contribution in [0.3, 0.4) is 0 Å². The molecule has 0 bridgehead atoms. The maximum Gasteiger partial charge on any atom is 0.0923 e. The van der Waals surface area contributed by atoms with Gasteiger partial charge in [0.25, 0.3) is 0 Å². The molecule has 0 saturated carbocycles. The second-order valence-corrected chi connectivity index (χ2v) is 5.92. The summed E-state index contributed by atoms with van der Waals surface area (Å²) < 4.78 is 1.97. The van der Waals surface area contributed by atoms with Gasteiger partial charge in [0, 0.05) is 48.1 Å². The third-order valence-electron chi connectivity index (χ3n) is 3.16. The van der Waals surface area contributed by atoms with E-state index in [0.29, 0.717) is 0 Å². The molecule has 1 heterocycles. The third-order valence-corrected chi connectivity index (χ3v) is 3.16. The molecule has 2 aliphatic carbocycles. The molecule has 0 amide bonds. The van der Waals surface area contributed by atoms with Crippen LogP contribution in [0.1, 0.15) is 32.2 Å². The largest absolute Gasteiger partial charge is 0.272 e. The van der Waals surface area contributed by atoms with E-state index >= 15 is 0 Å². The van der Waals surface area contributed by atoms with Crippen molar-refractivity contribution >= 4 is 5.57 Å². The van der Waals surface area contributed by atoms with Gasteiger partial charge in [0.05, 0.1) is 5.69 Å². The molecule has 3 rings (SSSR count). The average Bonchev–Trinajstić information content (AvgIpc) is 3.12. The molecule has 2 nitrogen and oxygen atoms in total. The van der Waals surface area contributed by atoms with E-state index in [1.165, 1.54) is 11.3 Å². The quantitative estimate of drug-likeness (QED) is 0.709. The number of aromatic nitrogens is 2. The standard InChI is InChI=1S/C13H17N2.C5H5.Fe/c1-13(2,3)12-9-11(14-15(12)4)10-7-5-6-8-10;1-2-4-5-3-1;/h5-9H,1-4H3;1-5H;. The summed E-state index contributed by atoms with van der Waals surface area (Å²) in [6, 6.07) is 2.18. The fraction of sp³-hybridized carbons (Fsp3) is 0.278. The number of allylic oxidation sites excluding steroid dienone is 8. The van der Waals surface area contributed by atoms with Crippen molar-refractivity contribution in [3.63, 3.8) is 0 Å². The Morgan fingerprint density at radius 2 is 1.62 bits per heavy atom. The van der Waals surface area contributed by atoms with E-state index in [1.807, 2.05) is 55.0 Å². The summed E-state index contributed by atoms with van der Waals surface area (Å²) in [6.45, 7) is 6.62. The van der Waals surface area contributed by atoms with E-state index in [9.17, 15) is 0 Å². The molecule has 2 radical (unpaired) electrons. The Morgan fingerprint density at radius 1 is 0.952 bits per heavy atom. The van der Waals surface area contributed by atoms with Crippen LogP contribution in [0.15, 0.2) is 48.6 Å². The Hall–Kier alpha value is -1.31. The van der Waals surface area contributed by atoms with Crippen molar-refractivity contribution in [1.29, 1.82) is 0 Å². The van der Waals surface area contributed by atoms with Crippen molar-refractivity contribution in [1.82, 2.24) is 9.78 Å². The fourth-order valence-electron chi connectivity index (χ4n) is 2.18. The van der Waals surface area contributed by atoms with Gasteiger partial charge in [-0.1, -0.05) is 63.3 Å². The van der Waals surface area contributed by atoms with E-state index in [-0.39, 0.29) is 22.5 Å². The topological polar surface area (TPSA) is 17.8 Å². The van der Waals surface area contributed by atoms with E-state index in [2.05, 4.69) is 44.1 Å². The van der Waals surface area contributed by atoms with Crippen LogP contribution >= 0.6 is 0 Å². The molecule has 0 spiro atoms. The first-order chi connectivity index (χ1) is 9.48.